The lowest BCUT2D eigenvalue weighted by atomic mass is 10.0. The molecule has 39 heavy (non-hydrogen) atoms. The van der Waals surface area contributed by atoms with Crippen LogP contribution in [-0.4, -0.2) is 89.2 Å². The maximum atomic E-state index is 13.6. The number of fused-ring (bicyclic) bond motifs is 1. The maximum absolute atomic E-state index is 13.6. The van der Waals surface area contributed by atoms with Gasteiger partial charge in [-0.3, -0.25) is 9.59 Å². The number of nitrogens with two attached hydrogens (primary N) is 1. The molecule has 0 radical (unpaired) electrons. The third-order valence-electron chi connectivity index (χ3n) is 7.27. The zero-order valence-electron chi connectivity index (χ0n) is 22.9. The predicted octanol–water partition coefficient (Wildman–Crippen LogP) is 2.08. The Morgan fingerprint density at radius 3 is 2.51 bits per heavy atom. The van der Waals surface area contributed by atoms with Crippen molar-refractivity contribution in [1.82, 2.24) is 25.1 Å². The molecule has 0 aromatic heterocycles. The first kappa shape index (κ1) is 28.5. The summed E-state index contributed by atoms with van der Waals surface area (Å²) in [5, 5.41) is 6.37. The molecule has 2 atom stereocenters. The van der Waals surface area contributed by atoms with Crippen LogP contribution in [0.1, 0.15) is 36.5 Å². The molecule has 10 nitrogen and oxygen atoms in total. The molecular formula is C29H40N6O4. The Kier molecular flexibility index (Phi) is 9.91. The Bertz CT molecular complexity index is 1110. The molecule has 4 amide bonds. The van der Waals surface area contributed by atoms with Gasteiger partial charge >= 0.3 is 6.03 Å². The fourth-order valence-electron chi connectivity index (χ4n) is 5.16. The van der Waals surface area contributed by atoms with Gasteiger partial charge in [0, 0.05) is 19.6 Å². The van der Waals surface area contributed by atoms with Crippen LogP contribution in [0.3, 0.4) is 0 Å². The van der Waals surface area contributed by atoms with Crippen LogP contribution >= 0.6 is 0 Å². The van der Waals surface area contributed by atoms with Gasteiger partial charge in [-0.1, -0.05) is 67.1 Å². The van der Waals surface area contributed by atoms with Crippen molar-refractivity contribution in [3.05, 3.63) is 71.3 Å². The number of benzene rings is 2. The summed E-state index contributed by atoms with van der Waals surface area (Å²) in [6, 6.07) is 16.9. The lowest BCUT2D eigenvalue weighted by Crippen LogP contribution is -2.76. The molecule has 2 aliphatic rings. The average Bonchev–Trinajstić information content (AvgIpc) is 2.95. The van der Waals surface area contributed by atoms with E-state index >= 15 is 0 Å². The normalized spacial score (nSPS) is 19.8. The third kappa shape index (κ3) is 6.95. The SMILES string of the molecule is CCN1CC(=O)N2[C@@H](CCCN)C(=O)N(CCOCc3ccc(C)cc3)C[C@@H]2N1C(=O)NCc1ccccc1. The fraction of sp³-hybridized carbons (Fsp3) is 0.483. The van der Waals surface area contributed by atoms with E-state index in [-0.39, 0.29) is 30.9 Å². The molecule has 0 spiro atoms. The van der Waals surface area contributed by atoms with Crippen LogP contribution < -0.4 is 11.1 Å². The lowest BCUT2D eigenvalue weighted by Gasteiger charge is -2.55. The standard InChI is InChI=1S/C29H40N6O4/c1-3-33-20-27(36)34-25(10-7-15-30)28(37)32(16-17-39-21-24-13-11-22(2)12-14-24)19-26(34)35(33)29(38)31-18-23-8-5-4-6-9-23/h4-6,8-9,11-14,25-26H,3,7,10,15-21,30H2,1-2H3,(H,31,38)/t25-,26-/m0/s1. The fourth-order valence-corrected chi connectivity index (χ4v) is 5.16. The Hall–Kier alpha value is -3.47. The van der Waals surface area contributed by atoms with E-state index in [9.17, 15) is 14.4 Å². The number of urea groups is 1. The summed E-state index contributed by atoms with van der Waals surface area (Å²) in [4.78, 5) is 43.8. The molecule has 0 unspecified atom stereocenters. The second-order valence-corrected chi connectivity index (χ2v) is 10.0. The first-order valence-electron chi connectivity index (χ1n) is 13.7. The first-order chi connectivity index (χ1) is 18.9. The molecule has 2 saturated heterocycles. The van der Waals surface area contributed by atoms with Gasteiger partial charge in [0.2, 0.25) is 11.8 Å². The van der Waals surface area contributed by atoms with E-state index in [1.807, 2.05) is 68.4 Å². The molecule has 4 rings (SSSR count). The minimum absolute atomic E-state index is 0.0395. The molecular weight excluding hydrogens is 496 g/mol. The molecule has 3 N–H and O–H groups in total. The van der Waals surface area contributed by atoms with Gasteiger partial charge in [-0.2, -0.15) is 0 Å². The van der Waals surface area contributed by atoms with Crippen LogP contribution in [0.5, 0.6) is 0 Å². The summed E-state index contributed by atoms with van der Waals surface area (Å²) in [6.45, 7) is 6.63. The van der Waals surface area contributed by atoms with Crippen molar-refractivity contribution >= 4 is 17.8 Å². The Morgan fingerprint density at radius 1 is 1.08 bits per heavy atom. The van der Waals surface area contributed by atoms with Gasteiger partial charge in [-0.25, -0.2) is 14.8 Å². The highest BCUT2D eigenvalue weighted by atomic mass is 16.5. The van der Waals surface area contributed by atoms with E-state index in [1.54, 1.807) is 19.8 Å². The van der Waals surface area contributed by atoms with Gasteiger partial charge in [0.15, 0.2) is 0 Å². The number of carbonyl (C=O) groups excluding carboxylic acids is 3. The number of likely N-dealkylation sites (N-methyl/N-ethyl adjacent to an activating group) is 1. The highest BCUT2D eigenvalue weighted by Crippen LogP contribution is 2.28. The van der Waals surface area contributed by atoms with Crippen molar-refractivity contribution < 1.29 is 19.1 Å². The number of hydrogen-bond acceptors (Lipinski definition) is 6. The van der Waals surface area contributed by atoms with Crippen LogP contribution in [0.25, 0.3) is 0 Å². The summed E-state index contributed by atoms with van der Waals surface area (Å²) in [5.41, 5.74) is 9.00. The van der Waals surface area contributed by atoms with Crippen LogP contribution in [0.15, 0.2) is 54.6 Å². The number of aryl methyl sites for hydroxylation is 1. The predicted molar refractivity (Wildman–Crippen MR) is 148 cm³/mol. The topological polar surface area (TPSA) is 111 Å². The van der Waals surface area contributed by atoms with Crippen LogP contribution in [0, 0.1) is 6.92 Å². The molecule has 2 aromatic rings. The molecule has 2 heterocycles. The highest BCUT2D eigenvalue weighted by Gasteiger charge is 2.50. The molecule has 0 aliphatic carbocycles. The summed E-state index contributed by atoms with van der Waals surface area (Å²) in [7, 11) is 0. The van der Waals surface area contributed by atoms with Gasteiger partial charge in [0.05, 0.1) is 26.3 Å². The molecule has 2 aliphatic heterocycles. The van der Waals surface area contributed by atoms with Crippen molar-refractivity contribution in [1.29, 1.82) is 0 Å². The minimum atomic E-state index is -0.666. The maximum Gasteiger partial charge on any atom is 0.334 e. The number of nitrogens with one attached hydrogen (secondary N) is 1. The summed E-state index contributed by atoms with van der Waals surface area (Å²) < 4.78 is 5.89. The van der Waals surface area contributed by atoms with Crippen molar-refractivity contribution in [2.24, 2.45) is 5.73 Å². The van der Waals surface area contributed by atoms with Crippen molar-refractivity contribution in [3.63, 3.8) is 0 Å². The summed E-state index contributed by atoms with van der Waals surface area (Å²) in [5.74, 6) is -0.277. The second kappa shape index (κ2) is 13.5. The molecule has 2 fully saturated rings. The number of ether oxygens (including phenoxy) is 1. The zero-order chi connectivity index (χ0) is 27.8. The van der Waals surface area contributed by atoms with Gasteiger partial charge in [0.1, 0.15) is 12.2 Å². The van der Waals surface area contributed by atoms with E-state index < -0.39 is 12.2 Å². The Labute approximate surface area is 230 Å². The van der Waals surface area contributed by atoms with Crippen LogP contribution in [0.2, 0.25) is 0 Å². The second-order valence-electron chi connectivity index (χ2n) is 10.0. The number of piperazine rings is 1. The summed E-state index contributed by atoms with van der Waals surface area (Å²) >= 11 is 0. The molecule has 210 valence electrons. The first-order valence-corrected chi connectivity index (χ1v) is 13.7. The van der Waals surface area contributed by atoms with Crippen LogP contribution in [0.4, 0.5) is 4.79 Å². The van der Waals surface area contributed by atoms with E-state index in [4.69, 9.17) is 10.5 Å². The zero-order valence-corrected chi connectivity index (χ0v) is 22.9. The Balaban J connectivity index is 1.49. The molecule has 2 aromatic carbocycles. The molecule has 0 bridgehead atoms. The summed E-state index contributed by atoms with van der Waals surface area (Å²) in [6.07, 6.45) is 0.436. The average molecular weight is 537 g/mol. The number of carbonyl (C=O) groups is 3. The van der Waals surface area contributed by atoms with Crippen molar-refractivity contribution in [2.45, 2.75) is 52.0 Å². The van der Waals surface area contributed by atoms with Crippen LogP contribution in [-0.2, 0) is 27.5 Å². The van der Waals surface area contributed by atoms with E-state index in [0.717, 1.165) is 11.1 Å². The number of rotatable bonds is 11. The van der Waals surface area contributed by atoms with E-state index in [1.165, 1.54) is 5.56 Å². The van der Waals surface area contributed by atoms with Gasteiger partial charge < -0.3 is 25.6 Å². The number of hydrogen-bond donors (Lipinski definition) is 2. The third-order valence-corrected chi connectivity index (χ3v) is 7.27. The molecule has 0 saturated carbocycles. The van der Waals surface area contributed by atoms with Gasteiger partial charge in [-0.15, -0.1) is 0 Å². The largest absolute Gasteiger partial charge is 0.375 e. The highest BCUT2D eigenvalue weighted by molar-refractivity contribution is 5.91. The van der Waals surface area contributed by atoms with E-state index in [0.29, 0.717) is 52.2 Å². The quantitative estimate of drug-likeness (QED) is 0.426. The molecule has 10 heteroatoms. The smallest absolute Gasteiger partial charge is 0.334 e. The van der Waals surface area contributed by atoms with Gasteiger partial charge in [0.25, 0.3) is 0 Å². The number of nitrogens with zero attached hydrogens (tertiary/aromatic N) is 4. The van der Waals surface area contributed by atoms with Crippen molar-refractivity contribution in [3.8, 4) is 0 Å². The van der Waals surface area contributed by atoms with E-state index in [2.05, 4.69) is 5.32 Å². The lowest BCUT2D eigenvalue weighted by molar-refractivity contribution is -0.190. The number of amides is 4. The number of hydrazine groups is 1. The minimum Gasteiger partial charge on any atom is -0.375 e. The monoisotopic (exact) mass is 536 g/mol. The Morgan fingerprint density at radius 2 is 1.82 bits per heavy atom. The van der Waals surface area contributed by atoms with Crippen molar-refractivity contribution in [2.75, 3.05) is 39.3 Å². The van der Waals surface area contributed by atoms with Gasteiger partial charge in [-0.05, 0) is 37.4 Å².